The number of halogens is 1. The quantitative estimate of drug-likeness (QED) is 0.633. The summed E-state index contributed by atoms with van der Waals surface area (Å²) in [6, 6.07) is 9.59. The Morgan fingerprint density at radius 2 is 1.95 bits per heavy atom. The summed E-state index contributed by atoms with van der Waals surface area (Å²) in [6.45, 7) is 2.17. The van der Waals surface area contributed by atoms with Crippen LogP contribution in [0.15, 0.2) is 28.7 Å². The number of nitrogens with zero attached hydrogens (tertiary/aromatic N) is 1. The number of hydrogen-bond acceptors (Lipinski definition) is 2. The van der Waals surface area contributed by atoms with E-state index in [4.69, 9.17) is 0 Å². The molecule has 0 N–H and O–H groups in total. The number of rotatable bonds is 8. The summed E-state index contributed by atoms with van der Waals surface area (Å²) in [6.07, 6.45) is 6.07. The van der Waals surface area contributed by atoms with Crippen LogP contribution in [0.25, 0.3) is 0 Å². The van der Waals surface area contributed by atoms with Crippen molar-refractivity contribution in [3.63, 3.8) is 0 Å². The van der Waals surface area contributed by atoms with Gasteiger partial charge in [0.2, 0.25) is 0 Å². The minimum atomic E-state index is -0.637. The topological polar surface area (TPSA) is 40.9 Å². The van der Waals surface area contributed by atoms with Gasteiger partial charge in [-0.1, -0.05) is 66.7 Å². The Kier molecular flexibility index (Phi) is 7.43. The smallest absolute Gasteiger partial charge is 0.154 e. The van der Waals surface area contributed by atoms with E-state index in [2.05, 4.69) is 28.9 Å². The molecule has 0 aromatic heterocycles. The first kappa shape index (κ1) is 15.9. The van der Waals surface area contributed by atoms with E-state index in [9.17, 15) is 10.1 Å². The minimum absolute atomic E-state index is 0.0332. The van der Waals surface area contributed by atoms with E-state index in [-0.39, 0.29) is 5.78 Å². The van der Waals surface area contributed by atoms with Gasteiger partial charge in [-0.2, -0.15) is 5.26 Å². The highest BCUT2D eigenvalue weighted by Crippen LogP contribution is 2.26. The average Bonchev–Trinajstić information content (AvgIpc) is 2.41. The largest absolute Gasteiger partial charge is 0.298 e. The average molecular weight is 322 g/mol. The number of ketones is 1. The molecule has 0 spiro atoms. The van der Waals surface area contributed by atoms with E-state index in [1.165, 1.54) is 19.3 Å². The summed E-state index contributed by atoms with van der Waals surface area (Å²) in [5, 5.41) is 9.22. The van der Waals surface area contributed by atoms with E-state index in [1.54, 1.807) is 0 Å². The lowest BCUT2D eigenvalue weighted by Crippen LogP contribution is -2.11. The van der Waals surface area contributed by atoms with Crippen molar-refractivity contribution in [1.82, 2.24) is 0 Å². The Balaban J connectivity index is 2.54. The van der Waals surface area contributed by atoms with E-state index in [0.29, 0.717) is 6.42 Å². The normalized spacial score (nSPS) is 11.8. The van der Waals surface area contributed by atoms with Crippen LogP contribution < -0.4 is 0 Å². The van der Waals surface area contributed by atoms with Gasteiger partial charge in [-0.25, -0.2) is 0 Å². The third kappa shape index (κ3) is 5.16. The first-order chi connectivity index (χ1) is 9.20. The van der Waals surface area contributed by atoms with E-state index in [1.807, 2.05) is 24.3 Å². The number of nitriles is 1. The zero-order valence-electron chi connectivity index (χ0n) is 11.4. The second kappa shape index (κ2) is 8.87. The Morgan fingerprint density at radius 1 is 1.26 bits per heavy atom. The van der Waals surface area contributed by atoms with Crippen LogP contribution in [-0.4, -0.2) is 5.78 Å². The fourth-order valence-electron chi connectivity index (χ4n) is 2.07. The van der Waals surface area contributed by atoms with Gasteiger partial charge in [0.05, 0.1) is 6.07 Å². The summed E-state index contributed by atoms with van der Waals surface area (Å²) >= 11 is 3.41. The minimum Gasteiger partial charge on any atom is -0.298 e. The van der Waals surface area contributed by atoms with Gasteiger partial charge in [-0.05, 0) is 18.1 Å². The molecular weight excluding hydrogens is 302 g/mol. The van der Waals surface area contributed by atoms with E-state index < -0.39 is 5.92 Å². The van der Waals surface area contributed by atoms with Gasteiger partial charge in [0, 0.05) is 10.9 Å². The van der Waals surface area contributed by atoms with Crippen LogP contribution in [0, 0.1) is 11.3 Å². The van der Waals surface area contributed by atoms with Crippen molar-refractivity contribution in [3.8, 4) is 6.07 Å². The molecule has 0 bridgehead atoms. The van der Waals surface area contributed by atoms with Crippen molar-refractivity contribution in [1.29, 1.82) is 5.26 Å². The van der Waals surface area contributed by atoms with Crippen molar-refractivity contribution >= 4 is 21.7 Å². The zero-order chi connectivity index (χ0) is 14.1. The molecule has 19 heavy (non-hydrogen) atoms. The van der Waals surface area contributed by atoms with Crippen molar-refractivity contribution in [2.45, 2.75) is 51.4 Å². The SMILES string of the molecule is CCCCCCCC(=O)C(C#N)c1ccccc1Br. The van der Waals surface area contributed by atoms with Gasteiger partial charge in [-0.3, -0.25) is 4.79 Å². The van der Waals surface area contributed by atoms with Crippen LogP contribution in [-0.2, 0) is 4.79 Å². The molecule has 1 atom stereocenters. The molecule has 0 radical (unpaired) electrons. The molecule has 0 aliphatic heterocycles. The first-order valence-electron chi connectivity index (χ1n) is 6.87. The molecule has 1 aromatic carbocycles. The lowest BCUT2D eigenvalue weighted by Gasteiger charge is -2.10. The monoisotopic (exact) mass is 321 g/mol. The first-order valence-corrected chi connectivity index (χ1v) is 7.66. The van der Waals surface area contributed by atoms with Crippen molar-refractivity contribution < 1.29 is 4.79 Å². The highest BCUT2D eigenvalue weighted by molar-refractivity contribution is 9.10. The molecule has 1 aromatic rings. The molecule has 1 unspecified atom stereocenters. The molecule has 0 saturated carbocycles. The van der Waals surface area contributed by atoms with Gasteiger partial charge in [0.15, 0.2) is 5.78 Å². The van der Waals surface area contributed by atoms with E-state index >= 15 is 0 Å². The van der Waals surface area contributed by atoms with Crippen LogP contribution in [0.2, 0.25) is 0 Å². The van der Waals surface area contributed by atoms with Crippen LogP contribution in [0.1, 0.15) is 56.9 Å². The zero-order valence-corrected chi connectivity index (χ0v) is 12.9. The van der Waals surface area contributed by atoms with Crippen LogP contribution >= 0.6 is 15.9 Å². The number of carbonyl (C=O) groups excluding carboxylic acids is 1. The molecule has 0 fully saturated rings. The molecule has 0 saturated heterocycles. The fourth-order valence-corrected chi connectivity index (χ4v) is 2.59. The van der Waals surface area contributed by atoms with Gasteiger partial charge in [-0.15, -0.1) is 0 Å². The van der Waals surface area contributed by atoms with Crippen molar-refractivity contribution in [3.05, 3.63) is 34.3 Å². The molecule has 0 aliphatic carbocycles. The molecular formula is C16H20BrNO. The lowest BCUT2D eigenvalue weighted by atomic mass is 9.93. The van der Waals surface area contributed by atoms with Crippen LogP contribution in [0.4, 0.5) is 0 Å². The molecule has 0 heterocycles. The third-order valence-electron chi connectivity index (χ3n) is 3.19. The summed E-state index contributed by atoms with van der Waals surface area (Å²) in [5.74, 6) is -0.604. The summed E-state index contributed by atoms with van der Waals surface area (Å²) in [7, 11) is 0. The van der Waals surface area contributed by atoms with Crippen LogP contribution in [0.3, 0.4) is 0 Å². The maximum absolute atomic E-state index is 12.1. The number of Topliss-reactive ketones (excluding diaryl/α,β-unsaturated/α-hetero) is 1. The molecule has 1 rings (SSSR count). The number of hydrogen-bond donors (Lipinski definition) is 0. The Bertz CT molecular complexity index is 450. The maximum atomic E-state index is 12.1. The van der Waals surface area contributed by atoms with Crippen molar-refractivity contribution in [2.24, 2.45) is 0 Å². The van der Waals surface area contributed by atoms with Gasteiger partial charge in [0.1, 0.15) is 5.92 Å². The number of carbonyl (C=O) groups is 1. The summed E-state index contributed by atoms with van der Waals surface area (Å²) < 4.78 is 0.834. The van der Waals surface area contributed by atoms with Crippen molar-refractivity contribution in [2.75, 3.05) is 0 Å². The molecule has 102 valence electrons. The van der Waals surface area contributed by atoms with Gasteiger partial charge < -0.3 is 0 Å². The van der Waals surface area contributed by atoms with Gasteiger partial charge in [0.25, 0.3) is 0 Å². The Labute approximate surface area is 124 Å². The standard InChI is InChI=1S/C16H20BrNO/c1-2-3-4-5-6-11-16(19)14(12-18)13-9-7-8-10-15(13)17/h7-10,14H,2-6,11H2,1H3. The predicted octanol–water partition coefficient (Wildman–Crippen LogP) is 4.99. The highest BCUT2D eigenvalue weighted by atomic mass is 79.9. The number of benzene rings is 1. The Morgan fingerprint density at radius 3 is 2.58 bits per heavy atom. The lowest BCUT2D eigenvalue weighted by molar-refractivity contribution is -0.119. The molecule has 0 amide bonds. The maximum Gasteiger partial charge on any atom is 0.154 e. The summed E-state index contributed by atoms with van der Waals surface area (Å²) in [4.78, 5) is 12.1. The van der Waals surface area contributed by atoms with Gasteiger partial charge >= 0.3 is 0 Å². The van der Waals surface area contributed by atoms with E-state index in [0.717, 1.165) is 22.9 Å². The Hall–Kier alpha value is -1.14. The predicted molar refractivity (Wildman–Crippen MR) is 80.9 cm³/mol. The highest BCUT2D eigenvalue weighted by Gasteiger charge is 2.21. The third-order valence-corrected chi connectivity index (χ3v) is 3.92. The number of unbranched alkanes of at least 4 members (excludes halogenated alkanes) is 4. The fraction of sp³-hybridized carbons (Fsp3) is 0.500. The summed E-state index contributed by atoms with van der Waals surface area (Å²) in [5.41, 5.74) is 0.781. The van der Waals surface area contributed by atoms with Crippen LogP contribution in [0.5, 0.6) is 0 Å². The second-order valence-corrected chi connectivity index (χ2v) is 5.57. The second-order valence-electron chi connectivity index (χ2n) is 4.71. The molecule has 2 nitrogen and oxygen atoms in total. The molecule has 3 heteroatoms. The molecule has 0 aliphatic rings.